The third kappa shape index (κ3) is 5.90. The number of nitrogens with zero attached hydrogens (tertiary/aromatic N) is 1. The van der Waals surface area contributed by atoms with E-state index >= 15 is 0 Å². The first-order valence-electron chi connectivity index (χ1n) is 8.67. The smallest absolute Gasteiger partial charge is 0.253 e. The SMILES string of the molecule is COCCCNC(=O)c1cc(NC(=O)CCl)ccc1N1CCCCC1. The Hall–Kier alpha value is -1.79. The molecule has 2 amide bonds. The molecule has 0 aliphatic carbocycles. The summed E-state index contributed by atoms with van der Waals surface area (Å²) >= 11 is 5.54. The molecule has 0 unspecified atom stereocenters. The summed E-state index contributed by atoms with van der Waals surface area (Å²) in [5.41, 5.74) is 2.06. The van der Waals surface area contributed by atoms with Crippen LogP contribution >= 0.6 is 11.6 Å². The van der Waals surface area contributed by atoms with Gasteiger partial charge in [0, 0.05) is 44.7 Å². The van der Waals surface area contributed by atoms with Crippen LogP contribution in [0.1, 0.15) is 36.0 Å². The molecule has 7 heteroatoms. The zero-order valence-electron chi connectivity index (χ0n) is 14.6. The Morgan fingerprint density at radius 2 is 2.00 bits per heavy atom. The van der Waals surface area contributed by atoms with E-state index in [0.29, 0.717) is 24.4 Å². The lowest BCUT2D eigenvalue weighted by molar-refractivity contribution is -0.113. The van der Waals surface area contributed by atoms with Crippen molar-refractivity contribution in [2.24, 2.45) is 0 Å². The van der Waals surface area contributed by atoms with E-state index in [1.807, 2.05) is 12.1 Å². The number of amides is 2. The van der Waals surface area contributed by atoms with Crippen molar-refractivity contribution in [3.63, 3.8) is 0 Å². The van der Waals surface area contributed by atoms with E-state index < -0.39 is 0 Å². The molecule has 1 fully saturated rings. The highest BCUT2D eigenvalue weighted by atomic mass is 35.5. The summed E-state index contributed by atoms with van der Waals surface area (Å²) in [5.74, 6) is -0.552. The number of methoxy groups -OCH3 is 1. The van der Waals surface area contributed by atoms with E-state index in [2.05, 4.69) is 15.5 Å². The number of ether oxygens (including phenoxy) is 1. The van der Waals surface area contributed by atoms with Crippen molar-refractivity contribution in [2.75, 3.05) is 49.4 Å². The summed E-state index contributed by atoms with van der Waals surface area (Å²) in [7, 11) is 1.64. The van der Waals surface area contributed by atoms with Crippen LogP contribution in [0.4, 0.5) is 11.4 Å². The van der Waals surface area contributed by atoms with Crippen molar-refractivity contribution >= 4 is 34.8 Å². The lowest BCUT2D eigenvalue weighted by atomic mass is 10.1. The standard InChI is InChI=1S/C18H26ClN3O3/c1-25-11-5-8-20-18(24)15-12-14(21-17(23)13-19)6-7-16(15)22-9-3-2-4-10-22/h6-7,12H,2-5,8-11,13H2,1H3,(H,20,24)(H,21,23). The van der Waals surface area contributed by atoms with Crippen molar-refractivity contribution < 1.29 is 14.3 Å². The van der Waals surface area contributed by atoms with Crippen LogP contribution in [0.3, 0.4) is 0 Å². The second-order valence-corrected chi connectivity index (χ2v) is 6.33. The monoisotopic (exact) mass is 367 g/mol. The molecule has 6 nitrogen and oxygen atoms in total. The maximum atomic E-state index is 12.7. The third-order valence-corrected chi connectivity index (χ3v) is 4.40. The summed E-state index contributed by atoms with van der Waals surface area (Å²) in [6.45, 7) is 3.03. The molecule has 25 heavy (non-hydrogen) atoms. The van der Waals surface area contributed by atoms with Gasteiger partial charge in [-0.2, -0.15) is 0 Å². The number of rotatable bonds is 8. The number of nitrogens with one attached hydrogen (secondary N) is 2. The maximum absolute atomic E-state index is 12.7. The van der Waals surface area contributed by atoms with Crippen LogP contribution in [-0.4, -0.2) is 51.0 Å². The van der Waals surface area contributed by atoms with Gasteiger partial charge < -0.3 is 20.3 Å². The Kier molecular flexibility index (Phi) is 8.01. The minimum absolute atomic E-state index is 0.119. The second-order valence-electron chi connectivity index (χ2n) is 6.06. The van der Waals surface area contributed by atoms with Crippen LogP contribution in [0, 0.1) is 0 Å². The highest BCUT2D eigenvalue weighted by Crippen LogP contribution is 2.27. The Morgan fingerprint density at radius 3 is 2.68 bits per heavy atom. The first kappa shape index (κ1) is 19.5. The van der Waals surface area contributed by atoms with Gasteiger partial charge in [0.05, 0.1) is 5.56 Å². The van der Waals surface area contributed by atoms with Gasteiger partial charge in [0.25, 0.3) is 5.91 Å². The molecule has 1 aromatic carbocycles. The summed E-state index contributed by atoms with van der Waals surface area (Å²) < 4.78 is 5.00. The molecule has 1 saturated heterocycles. The van der Waals surface area contributed by atoms with E-state index in [1.165, 1.54) is 6.42 Å². The van der Waals surface area contributed by atoms with E-state index in [4.69, 9.17) is 16.3 Å². The van der Waals surface area contributed by atoms with Crippen molar-refractivity contribution in [3.05, 3.63) is 23.8 Å². The summed E-state index contributed by atoms with van der Waals surface area (Å²) in [6, 6.07) is 5.44. The Balaban J connectivity index is 2.18. The van der Waals surface area contributed by atoms with E-state index in [1.54, 1.807) is 13.2 Å². The van der Waals surface area contributed by atoms with Crippen molar-refractivity contribution in [3.8, 4) is 0 Å². The van der Waals surface area contributed by atoms with Crippen LogP contribution in [0.2, 0.25) is 0 Å². The Labute approximate surface area is 153 Å². The average Bonchev–Trinajstić information content (AvgIpc) is 2.65. The first-order chi connectivity index (χ1) is 12.2. The highest BCUT2D eigenvalue weighted by Gasteiger charge is 2.19. The topological polar surface area (TPSA) is 70.7 Å². The molecule has 0 radical (unpaired) electrons. The van der Waals surface area contributed by atoms with Crippen LogP contribution in [0.5, 0.6) is 0 Å². The van der Waals surface area contributed by atoms with Gasteiger partial charge in [-0.3, -0.25) is 9.59 Å². The summed E-state index contributed by atoms with van der Waals surface area (Å²) in [6.07, 6.45) is 4.22. The second kappa shape index (κ2) is 10.3. The van der Waals surface area contributed by atoms with Gasteiger partial charge in [0.1, 0.15) is 5.88 Å². The van der Waals surface area contributed by atoms with Gasteiger partial charge in [-0.05, 0) is 43.9 Å². The molecule has 1 heterocycles. The minimum Gasteiger partial charge on any atom is -0.385 e. The molecule has 0 saturated carbocycles. The third-order valence-electron chi connectivity index (χ3n) is 4.15. The van der Waals surface area contributed by atoms with Crippen LogP contribution in [0.25, 0.3) is 0 Å². The molecule has 0 aromatic heterocycles. The van der Waals surface area contributed by atoms with Gasteiger partial charge in [0.15, 0.2) is 0 Å². The Bertz CT molecular complexity index is 589. The largest absolute Gasteiger partial charge is 0.385 e. The number of halogens is 1. The molecule has 138 valence electrons. The zero-order valence-corrected chi connectivity index (χ0v) is 15.4. The normalized spacial score (nSPS) is 14.2. The molecule has 0 bridgehead atoms. The number of anilines is 2. The lowest BCUT2D eigenvalue weighted by Gasteiger charge is -2.30. The number of hydrogen-bond acceptors (Lipinski definition) is 4. The number of carbonyl (C=O) groups is 2. The van der Waals surface area contributed by atoms with Gasteiger partial charge in [-0.15, -0.1) is 11.6 Å². The van der Waals surface area contributed by atoms with Crippen molar-refractivity contribution in [1.29, 1.82) is 0 Å². The number of carbonyl (C=O) groups excluding carboxylic acids is 2. The molecule has 2 N–H and O–H groups in total. The number of piperidine rings is 1. The van der Waals surface area contributed by atoms with Gasteiger partial charge in [-0.25, -0.2) is 0 Å². The molecule has 1 aromatic rings. The van der Waals surface area contributed by atoms with Gasteiger partial charge in [0.2, 0.25) is 5.91 Å². The molecular weight excluding hydrogens is 342 g/mol. The zero-order chi connectivity index (χ0) is 18.1. The fourth-order valence-corrected chi connectivity index (χ4v) is 2.98. The number of alkyl halides is 1. The highest BCUT2D eigenvalue weighted by molar-refractivity contribution is 6.29. The number of benzene rings is 1. The van der Waals surface area contributed by atoms with E-state index in [0.717, 1.165) is 38.0 Å². The number of hydrogen-bond donors (Lipinski definition) is 2. The van der Waals surface area contributed by atoms with Crippen LogP contribution < -0.4 is 15.5 Å². The maximum Gasteiger partial charge on any atom is 0.253 e. The molecule has 0 atom stereocenters. The molecule has 0 spiro atoms. The predicted molar refractivity (Wildman–Crippen MR) is 101 cm³/mol. The molecule has 1 aliphatic heterocycles. The summed E-state index contributed by atoms with van der Waals surface area (Å²) in [5, 5.41) is 5.63. The van der Waals surface area contributed by atoms with Crippen LogP contribution in [0.15, 0.2) is 18.2 Å². The Morgan fingerprint density at radius 1 is 1.24 bits per heavy atom. The average molecular weight is 368 g/mol. The first-order valence-corrected chi connectivity index (χ1v) is 9.21. The van der Waals surface area contributed by atoms with E-state index in [9.17, 15) is 9.59 Å². The summed E-state index contributed by atoms with van der Waals surface area (Å²) in [4.78, 5) is 26.4. The van der Waals surface area contributed by atoms with Crippen LogP contribution in [-0.2, 0) is 9.53 Å². The van der Waals surface area contributed by atoms with Gasteiger partial charge >= 0.3 is 0 Å². The van der Waals surface area contributed by atoms with Gasteiger partial charge in [-0.1, -0.05) is 0 Å². The predicted octanol–water partition coefficient (Wildman–Crippen LogP) is 2.62. The van der Waals surface area contributed by atoms with Crippen molar-refractivity contribution in [2.45, 2.75) is 25.7 Å². The van der Waals surface area contributed by atoms with E-state index in [-0.39, 0.29) is 17.7 Å². The quantitative estimate of drug-likeness (QED) is 0.547. The van der Waals surface area contributed by atoms with Crippen molar-refractivity contribution in [1.82, 2.24) is 5.32 Å². The fraction of sp³-hybridized carbons (Fsp3) is 0.556. The molecular formula is C18H26ClN3O3. The molecule has 1 aliphatic rings. The molecule has 2 rings (SSSR count). The fourth-order valence-electron chi connectivity index (χ4n) is 2.91. The lowest BCUT2D eigenvalue weighted by Crippen LogP contribution is -2.33. The minimum atomic E-state index is -0.293.